The Kier molecular flexibility index (Phi) is 4.69. The van der Waals surface area contributed by atoms with Crippen molar-refractivity contribution in [3.63, 3.8) is 0 Å². The van der Waals surface area contributed by atoms with E-state index in [9.17, 15) is 22.4 Å². The molecule has 0 radical (unpaired) electrons. The molecule has 1 atom stereocenters. The highest BCUT2D eigenvalue weighted by molar-refractivity contribution is 5.82. The zero-order chi connectivity index (χ0) is 14.6. The van der Waals surface area contributed by atoms with Crippen LogP contribution in [0, 0.1) is 5.82 Å². The Hall–Kier alpha value is -1.85. The fourth-order valence-corrected chi connectivity index (χ4v) is 1.70. The number of hydrogen-bond acceptors (Lipinski definition) is 1. The number of hydrogen-bond donors (Lipinski definition) is 0. The first-order valence-corrected chi connectivity index (χ1v) is 5.52. The first-order valence-electron chi connectivity index (χ1n) is 5.52. The lowest BCUT2D eigenvalue weighted by Gasteiger charge is -2.29. The first kappa shape index (κ1) is 15.2. The maximum atomic E-state index is 13.6. The summed E-state index contributed by atoms with van der Waals surface area (Å²) in [7, 11) is 0. The molecule has 0 spiro atoms. The van der Waals surface area contributed by atoms with Gasteiger partial charge in [0.1, 0.15) is 5.82 Å². The summed E-state index contributed by atoms with van der Waals surface area (Å²) in [5.74, 6) is -2.66. The van der Waals surface area contributed by atoms with Gasteiger partial charge in [0.2, 0.25) is 0 Å². The van der Waals surface area contributed by atoms with E-state index in [1.807, 2.05) is 0 Å². The van der Waals surface area contributed by atoms with E-state index in [0.29, 0.717) is 4.90 Å². The summed E-state index contributed by atoms with van der Waals surface area (Å²) in [4.78, 5) is 11.8. The molecule has 104 valence electrons. The smallest absolute Gasteiger partial charge is 0.324 e. The molecule has 0 saturated carbocycles. The van der Waals surface area contributed by atoms with Crippen LogP contribution in [0.25, 0.3) is 0 Å². The lowest BCUT2D eigenvalue weighted by molar-refractivity contribution is -0.187. The molecule has 0 N–H and O–H groups in total. The Morgan fingerprint density at radius 3 is 2.47 bits per heavy atom. The van der Waals surface area contributed by atoms with Crippen molar-refractivity contribution in [1.29, 1.82) is 0 Å². The van der Waals surface area contributed by atoms with Crippen molar-refractivity contribution in [1.82, 2.24) is 4.90 Å². The summed E-state index contributed by atoms with van der Waals surface area (Å²) in [6.07, 6.45) is -3.83. The van der Waals surface area contributed by atoms with Crippen molar-refractivity contribution in [3.05, 3.63) is 48.3 Å². The third-order valence-corrected chi connectivity index (χ3v) is 2.65. The molecule has 1 rings (SSSR count). The number of rotatable bonds is 4. The van der Waals surface area contributed by atoms with E-state index in [2.05, 4.69) is 6.58 Å². The average Bonchev–Trinajstić information content (AvgIpc) is 2.34. The number of nitrogens with zero attached hydrogens (tertiary/aromatic N) is 1. The van der Waals surface area contributed by atoms with Crippen molar-refractivity contribution in [2.45, 2.75) is 19.1 Å². The lowest BCUT2D eigenvalue weighted by atomic mass is 10.1. The highest BCUT2D eigenvalue weighted by Crippen LogP contribution is 2.27. The molecule has 0 fully saturated rings. The number of halogens is 4. The van der Waals surface area contributed by atoms with Crippen molar-refractivity contribution >= 4 is 5.91 Å². The predicted octanol–water partition coefficient (Wildman–Crippen LogP) is 3.46. The summed E-state index contributed by atoms with van der Waals surface area (Å²) in [5.41, 5.74) is 0.0296. The SMILES string of the molecule is C=CCN(C(=O)C(F)(F)F)C(C)c1ccccc1F. The van der Waals surface area contributed by atoms with Gasteiger partial charge in [0.15, 0.2) is 0 Å². The summed E-state index contributed by atoms with van der Waals surface area (Å²) in [6, 6.07) is 4.37. The number of benzene rings is 1. The molecule has 6 heteroatoms. The molecule has 1 aromatic carbocycles. The summed E-state index contributed by atoms with van der Waals surface area (Å²) >= 11 is 0. The monoisotopic (exact) mass is 275 g/mol. The standard InChI is InChI=1S/C13H13F4NO/c1-3-8-18(12(19)13(15,16)17)9(2)10-6-4-5-7-11(10)14/h3-7,9H,1,8H2,2H3. The van der Waals surface area contributed by atoms with Crippen LogP contribution in [0.4, 0.5) is 17.6 Å². The van der Waals surface area contributed by atoms with E-state index in [1.165, 1.54) is 31.2 Å². The van der Waals surface area contributed by atoms with Gasteiger partial charge in [-0.25, -0.2) is 4.39 Å². The molecule has 19 heavy (non-hydrogen) atoms. The molecule has 0 aliphatic carbocycles. The van der Waals surface area contributed by atoms with Gasteiger partial charge in [0.05, 0.1) is 6.04 Å². The van der Waals surface area contributed by atoms with E-state index in [-0.39, 0.29) is 12.1 Å². The van der Waals surface area contributed by atoms with Gasteiger partial charge in [-0.05, 0) is 13.0 Å². The topological polar surface area (TPSA) is 20.3 Å². The molecular formula is C13H13F4NO. The fraction of sp³-hybridized carbons (Fsp3) is 0.308. The van der Waals surface area contributed by atoms with Crippen LogP contribution in [0.2, 0.25) is 0 Å². The minimum Gasteiger partial charge on any atom is -0.324 e. The molecule has 0 aliphatic heterocycles. The van der Waals surface area contributed by atoms with E-state index >= 15 is 0 Å². The lowest BCUT2D eigenvalue weighted by Crippen LogP contribution is -2.42. The van der Waals surface area contributed by atoms with E-state index in [0.717, 1.165) is 6.07 Å². The van der Waals surface area contributed by atoms with Crippen LogP contribution in [-0.2, 0) is 4.79 Å². The first-order chi connectivity index (χ1) is 8.79. The van der Waals surface area contributed by atoms with Crippen LogP contribution >= 0.6 is 0 Å². The van der Waals surface area contributed by atoms with Gasteiger partial charge in [-0.3, -0.25) is 4.79 Å². The summed E-state index contributed by atoms with van der Waals surface area (Å²) in [6.45, 7) is 4.34. The van der Waals surface area contributed by atoms with E-state index < -0.39 is 23.9 Å². The van der Waals surface area contributed by atoms with Gasteiger partial charge in [0.25, 0.3) is 0 Å². The van der Waals surface area contributed by atoms with Gasteiger partial charge < -0.3 is 4.90 Å². The maximum absolute atomic E-state index is 13.6. The minimum absolute atomic E-state index is 0.0296. The van der Waals surface area contributed by atoms with Gasteiger partial charge in [0, 0.05) is 12.1 Å². The molecule has 0 aliphatic rings. The minimum atomic E-state index is -5.00. The van der Waals surface area contributed by atoms with Crippen molar-refractivity contribution in [3.8, 4) is 0 Å². The Morgan fingerprint density at radius 1 is 1.42 bits per heavy atom. The normalized spacial score (nSPS) is 12.9. The molecule has 2 nitrogen and oxygen atoms in total. The largest absolute Gasteiger partial charge is 0.471 e. The Balaban J connectivity index is 3.10. The molecule has 1 unspecified atom stereocenters. The van der Waals surface area contributed by atoms with Crippen molar-refractivity contribution in [2.24, 2.45) is 0 Å². The third-order valence-electron chi connectivity index (χ3n) is 2.65. The molecule has 0 bridgehead atoms. The fourth-order valence-electron chi connectivity index (χ4n) is 1.70. The highest BCUT2D eigenvalue weighted by atomic mass is 19.4. The average molecular weight is 275 g/mol. The summed E-state index contributed by atoms with van der Waals surface area (Å²) in [5, 5.41) is 0. The van der Waals surface area contributed by atoms with Gasteiger partial charge >= 0.3 is 12.1 Å². The molecule has 1 amide bonds. The van der Waals surface area contributed by atoms with Gasteiger partial charge in [-0.1, -0.05) is 24.3 Å². The van der Waals surface area contributed by atoms with Crippen molar-refractivity contribution < 1.29 is 22.4 Å². The van der Waals surface area contributed by atoms with Crippen LogP contribution in [0.15, 0.2) is 36.9 Å². The number of carbonyl (C=O) groups is 1. The zero-order valence-electron chi connectivity index (χ0n) is 10.2. The Bertz CT molecular complexity index is 470. The Labute approximate surface area is 108 Å². The second kappa shape index (κ2) is 5.86. The van der Waals surface area contributed by atoms with Crippen molar-refractivity contribution in [2.75, 3.05) is 6.54 Å². The van der Waals surface area contributed by atoms with Gasteiger partial charge in [-0.2, -0.15) is 13.2 Å². The number of carbonyl (C=O) groups excluding carboxylic acids is 1. The maximum Gasteiger partial charge on any atom is 0.471 e. The molecule has 0 saturated heterocycles. The van der Waals surface area contributed by atoms with Crippen LogP contribution in [-0.4, -0.2) is 23.5 Å². The molecule has 1 aromatic rings. The summed E-state index contributed by atoms with van der Waals surface area (Å²) < 4.78 is 51.0. The molecule has 0 aromatic heterocycles. The van der Waals surface area contributed by atoms with Crippen LogP contribution < -0.4 is 0 Å². The number of amides is 1. The molecule has 0 heterocycles. The van der Waals surface area contributed by atoms with E-state index in [1.54, 1.807) is 0 Å². The van der Waals surface area contributed by atoms with E-state index in [4.69, 9.17) is 0 Å². The van der Waals surface area contributed by atoms with Gasteiger partial charge in [-0.15, -0.1) is 6.58 Å². The highest BCUT2D eigenvalue weighted by Gasteiger charge is 2.43. The van der Waals surface area contributed by atoms with Crippen LogP contribution in [0.1, 0.15) is 18.5 Å². The van der Waals surface area contributed by atoms with Crippen LogP contribution in [0.3, 0.4) is 0 Å². The second-order valence-corrected chi connectivity index (χ2v) is 3.94. The molecular weight excluding hydrogens is 262 g/mol. The quantitative estimate of drug-likeness (QED) is 0.608. The Morgan fingerprint density at radius 2 is 2.00 bits per heavy atom. The predicted molar refractivity (Wildman–Crippen MR) is 62.8 cm³/mol. The third kappa shape index (κ3) is 3.56. The second-order valence-electron chi connectivity index (χ2n) is 3.94. The van der Waals surface area contributed by atoms with Crippen LogP contribution in [0.5, 0.6) is 0 Å². The number of alkyl halides is 3. The zero-order valence-corrected chi connectivity index (χ0v) is 10.2.